The zero-order chi connectivity index (χ0) is 25.3. The maximum absolute atomic E-state index is 13.0. The Kier molecular flexibility index (Phi) is 10.8. The predicted molar refractivity (Wildman–Crippen MR) is 118 cm³/mol. The van der Waals surface area contributed by atoms with Gasteiger partial charge in [0.25, 0.3) is 0 Å². The summed E-state index contributed by atoms with van der Waals surface area (Å²) < 4.78 is 23.0. The molecule has 13 nitrogen and oxygen atoms in total. The summed E-state index contributed by atoms with van der Waals surface area (Å²) in [4.78, 5) is 34.5. The molecule has 0 radical (unpaired) electrons. The van der Waals surface area contributed by atoms with Crippen molar-refractivity contribution in [3.63, 3.8) is 0 Å². The van der Waals surface area contributed by atoms with E-state index >= 15 is 0 Å². The number of nitrogens with one attached hydrogen (secondary N) is 1. The maximum Gasteiger partial charge on any atom is 0.351 e. The number of carbonyl (C=O) groups excluding carboxylic acids is 1. The first-order chi connectivity index (χ1) is 16.2. The van der Waals surface area contributed by atoms with Gasteiger partial charge in [0.05, 0.1) is 32.5 Å². The third kappa shape index (κ3) is 6.95. The number of aliphatic hydroxyl groups excluding tert-OH is 3. The monoisotopic (exact) mass is 489 g/mol. The third-order valence-electron chi connectivity index (χ3n) is 5.16. The van der Waals surface area contributed by atoms with Gasteiger partial charge in [0.2, 0.25) is 0 Å². The van der Waals surface area contributed by atoms with Gasteiger partial charge in [-0.2, -0.15) is 4.98 Å². The molecule has 0 aliphatic carbocycles. The molecule has 4 atom stereocenters. The Morgan fingerprint density at radius 1 is 1.21 bits per heavy atom. The van der Waals surface area contributed by atoms with Gasteiger partial charge in [-0.1, -0.05) is 0 Å². The van der Waals surface area contributed by atoms with Gasteiger partial charge < -0.3 is 39.1 Å². The Labute approximate surface area is 197 Å². The minimum Gasteiger partial charge on any atom is -0.394 e. The van der Waals surface area contributed by atoms with Gasteiger partial charge >= 0.3 is 11.7 Å². The Morgan fingerprint density at radius 2 is 1.85 bits per heavy atom. The van der Waals surface area contributed by atoms with E-state index in [0.717, 1.165) is 4.57 Å². The van der Waals surface area contributed by atoms with Crippen LogP contribution in [0.3, 0.4) is 0 Å². The van der Waals surface area contributed by atoms with Crippen LogP contribution in [-0.2, 0) is 28.6 Å². The number of rotatable bonds is 14. The SMILES string of the molecule is CCOCC(COCC)(COC(C)C)C(=O)ONc1ccn([C@@H]2O[C@H](CO)[C@@H](O)[C@H]2O)c(=O)n1. The second-order valence-electron chi connectivity index (χ2n) is 8.14. The van der Waals surface area contributed by atoms with E-state index in [1.165, 1.54) is 12.3 Å². The lowest BCUT2D eigenvalue weighted by Gasteiger charge is -2.31. The molecule has 2 rings (SSSR count). The molecule has 0 spiro atoms. The van der Waals surface area contributed by atoms with Gasteiger partial charge in [-0.15, -0.1) is 0 Å². The highest BCUT2D eigenvalue weighted by Gasteiger charge is 2.44. The van der Waals surface area contributed by atoms with E-state index in [9.17, 15) is 24.9 Å². The summed E-state index contributed by atoms with van der Waals surface area (Å²) in [6.45, 7) is 7.46. The first-order valence-corrected chi connectivity index (χ1v) is 11.1. The van der Waals surface area contributed by atoms with E-state index in [1.807, 2.05) is 13.8 Å². The molecule has 0 saturated carbocycles. The third-order valence-corrected chi connectivity index (χ3v) is 5.16. The van der Waals surface area contributed by atoms with E-state index in [4.69, 9.17) is 23.8 Å². The molecule has 2 heterocycles. The van der Waals surface area contributed by atoms with Crippen molar-refractivity contribution in [2.45, 2.75) is 58.3 Å². The summed E-state index contributed by atoms with van der Waals surface area (Å²) in [6.07, 6.45) is -3.97. The van der Waals surface area contributed by atoms with E-state index in [1.54, 1.807) is 13.8 Å². The van der Waals surface area contributed by atoms with Crippen LogP contribution in [0.5, 0.6) is 0 Å². The first kappa shape index (κ1) is 28.1. The van der Waals surface area contributed by atoms with Crippen LogP contribution in [-0.4, -0.2) is 94.9 Å². The molecule has 1 aromatic rings. The number of anilines is 1. The van der Waals surface area contributed by atoms with E-state index in [-0.39, 0.29) is 31.7 Å². The normalized spacial score (nSPS) is 22.8. The molecule has 194 valence electrons. The van der Waals surface area contributed by atoms with Crippen molar-refractivity contribution < 1.29 is 43.9 Å². The van der Waals surface area contributed by atoms with Gasteiger partial charge in [-0.3, -0.25) is 4.57 Å². The predicted octanol–water partition coefficient (Wildman–Crippen LogP) is -0.791. The number of hydrogen-bond donors (Lipinski definition) is 4. The Bertz CT molecular complexity index is 825. The molecular formula is C21H35N3O10. The number of aromatic nitrogens is 2. The van der Waals surface area contributed by atoms with Gasteiger partial charge in [0.15, 0.2) is 12.0 Å². The highest BCUT2D eigenvalue weighted by Crippen LogP contribution is 2.28. The summed E-state index contributed by atoms with van der Waals surface area (Å²) in [5.74, 6) is -0.794. The van der Waals surface area contributed by atoms with Gasteiger partial charge in [0.1, 0.15) is 23.7 Å². The molecule has 0 bridgehead atoms. The quantitative estimate of drug-likeness (QED) is 0.240. The molecular weight excluding hydrogens is 454 g/mol. The fourth-order valence-electron chi connectivity index (χ4n) is 3.20. The lowest BCUT2D eigenvalue weighted by Crippen LogP contribution is -2.47. The highest BCUT2D eigenvalue weighted by atomic mass is 16.7. The van der Waals surface area contributed by atoms with E-state index in [2.05, 4.69) is 10.5 Å². The van der Waals surface area contributed by atoms with Gasteiger partial charge in [-0.25, -0.2) is 15.1 Å². The summed E-state index contributed by atoms with van der Waals surface area (Å²) in [5, 5.41) is 29.2. The van der Waals surface area contributed by atoms with Crippen molar-refractivity contribution in [1.82, 2.24) is 9.55 Å². The number of nitrogens with zero attached hydrogens (tertiary/aromatic N) is 2. The van der Waals surface area contributed by atoms with Crippen molar-refractivity contribution in [3.8, 4) is 0 Å². The zero-order valence-corrected chi connectivity index (χ0v) is 19.9. The lowest BCUT2D eigenvalue weighted by molar-refractivity contribution is -0.170. The van der Waals surface area contributed by atoms with E-state index < -0.39 is 48.2 Å². The molecule has 0 unspecified atom stereocenters. The van der Waals surface area contributed by atoms with Crippen LogP contribution in [0.2, 0.25) is 0 Å². The van der Waals surface area contributed by atoms with E-state index in [0.29, 0.717) is 13.2 Å². The highest BCUT2D eigenvalue weighted by molar-refractivity contribution is 5.78. The van der Waals surface area contributed by atoms with Crippen molar-refractivity contribution in [2.24, 2.45) is 5.41 Å². The molecule has 1 aliphatic rings. The van der Waals surface area contributed by atoms with Crippen molar-refractivity contribution >= 4 is 11.8 Å². The van der Waals surface area contributed by atoms with Crippen molar-refractivity contribution in [2.75, 3.05) is 45.1 Å². The summed E-state index contributed by atoms with van der Waals surface area (Å²) in [7, 11) is 0. The number of ether oxygens (including phenoxy) is 4. The second-order valence-corrected chi connectivity index (χ2v) is 8.14. The lowest BCUT2D eigenvalue weighted by atomic mass is 9.91. The summed E-state index contributed by atoms with van der Waals surface area (Å²) >= 11 is 0. The average molecular weight is 490 g/mol. The molecule has 4 N–H and O–H groups in total. The van der Waals surface area contributed by atoms with Crippen molar-refractivity contribution in [1.29, 1.82) is 0 Å². The largest absolute Gasteiger partial charge is 0.394 e. The standard InChI is InChI=1S/C21H35N3O10/c1-5-30-10-21(11-31-6-2,12-32-13(3)4)19(28)34-23-15-7-8-24(20(29)22-15)18-17(27)16(26)14(9-25)33-18/h7-8,13-14,16-18,25-27H,5-6,9-12H2,1-4H3,(H,22,23,29)/t14-,16-,17-,18-/m1/s1. The molecule has 1 aliphatic heterocycles. The fourth-order valence-corrected chi connectivity index (χ4v) is 3.20. The first-order valence-electron chi connectivity index (χ1n) is 11.1. The maximum atomic E-state index is 13.0. The van der Waals surface area contributed by atoms with Crippen LogP contribution in [0.4, 0.5) is 5.82 Å². The van der Waals surface area contributed by atoms with Crippen LogP contribution in [0.15, 0.2) is 17.1 Å². The van der Waals surface area contributed by atoms with Crippen LogP contribution >= 0.6 is 0 Å². The Balaban J connectivity index is 2.13. The molecule has 0 amide bonds. The van der Waals surface area contributed by atoms with Crippen LogP contribution < -0.4 is 11.2 Å². The molecule has 1 aromatic heterocycles. The van der Waals surface area contributed by atoms with Gasteiger partial charge in [-0.05, 0) is 27.7 Å². The molecule has 1 fully saturated rings. The van der Waals surface area contributed by atoms with Crippen LogP contribution in [0.1, 0.15) is 33.9 Å². The fraction of sp³-hybridized carbons (Fsp3) is 0.762. The second kappa shape index (κ2) is 13.1. The zero-order valence-electron chi connectivity index (χ0n) is 19.9. The minimum absolute atomic E-state index is 0.00296. The Hall–Kier alpha value is -2.13. The molecule has 1 saturated heterocycles. The number of carbonyl (C=O) groups is 1. The number of hydrogen-bond acceptors (Lipinski definition) is 12. The molecule has 0 aromatic carbocycles. The smallest absolute Gasteiger partial charge is 0.351 e. The van der Waals surface area contributed by atoms with Crippen LogP contribution in [0, 0.1) is 5.41 Å². The topological polar surface area (TPSA) is 171 Å². The summed E-state index contributed by atoms with van der Waals surface area (Å²) in [6, 6.07) is 1.32. The molecule has 13 heteroatoms. The Morgan fingerprint density at radius 3 is 2.35 bits per heavy atom. The average Bonchev–Trinajstić information content (AvgIpc) is 3.10. The van der Waals surface area contributed by atoms with Crippen molar-refractivity contribution in [3.05, 3.63) is 22.7 Å². The molecule has 34 heavy (non-hydrogen) atoms. The number of aliphatic hydroxyl groups is 3. The minimum atomic E-state index is -1.44. The van der Waals surface area contributed by atoms with Crippen LogP contribution in [0.25, 0.3) is 0 Å². The van der Waals surface area contributed by atoms with Gasteiger partial charge in [0, 0.05) is 25.5 Å². The summed E-state index contributed by atoms with van der Waals surface area (Å²) in [5.41, 5.74) is 0.262.